The smallest absolute Gasteiger partial charge is 0.332 e. The number of halogens is 1. The average molecular weight is 453 g/mol. The number of rotatable bonds is 8. The van der Waals surface area contributed by atoms with Crippen molar-refractivity contribution < 1.29 is 28.2 Å². The van der Waals surface area contributed by atoms with Crippen LogP contribution >= 0.6 is 0 Å². The number of nitrogens with zero attached hydrogens (tertiary/aromatic N) is 4. The number of anilines is 1. The van der Waals surface area contributed by atoms with Crippen LogP contribution in [0.1, 0.15) is 53.2 Å². The third-order valence-electron chi connectivity index (χ3n) is 5.31. The molecule has 0 aliphatic carbocycles. The number of aryl methyl sites for hydroxylation is 1. The Balaban J connectivity index is 2.14. The number of nitrogens with two attached hydrogens (primary N) is 1. The van der Waals surface area contributed by atoms with Crippen LogP contribution in [0, 0.1) is 0 Å². The number of carbonyl (C=O) groups is 2. The zero-order valence-electron chi connectivity index (χ0n) is 18.5. The van der Waals surface area contributed by atoms with Crippen LogP contribution in [0.4, 0.5) is 10.3 Å². The Kier molecular flexibility index (Phi) is 7.12. The Labute approximate surface area is 183 Å². The highest BCUT2D eigenvalue weighted by Gasteiger charge is 2.53. The number of esters is 2. The monoisotopic (exact) mass is 453 g/mol. The second-order valence-electron chi connectivity index (χ2n) is 7.66. The predicted molar refractivity (Wildman–Crippen MR) is 111 cm³/mol. The molecule has 5 atom stereocenters. The largest absolute Gasteiger partial charge is 0.460 e. The van der Waals surface area contributed by atoms with Crippen molar-refractivity contribution in [2.24, 2.45) is 0 Å². The molecular formula is C20H28FN5O6. The number of ether oxygens (including phenoxy) is 3. The SMILES string of the molecule is CCCCn1c(=O)n([C@@H]2O[C@H]([C@H](CC)OC(C)=O)[C@H](F)[C@H]2OC(C)=O)c2nc(N)ncc21. The predicted octanol–water partition coefficient (Wildman–Crippen LogP) is 1.48. The summed E-state index contributed by atoms with van der Waals surface area (Å²) in [4.78, 5) is 44.7. The minimum Gasteiger partial charge on any atom is -0.460 e. The molecule has 12 heteroatoms. The molecule has 3 rings (SSSR count). The lowest BCUT2D eigenvalue weighted by Gasteiger charge is -2.23. The number of hydrogen-bond donors (Lipinski definition) is 1. The molecule has 0 spiro atoms. The van der Waals surface area contributed by atoms with Crippen LogP contribution in [-0.2, 0) is 30.3 Å². The van der Waals surface area contributed by atoms with Crippen LogP contribution in [0.25, 0.3) is 11.2 Å². The van der Waals surface area contributed by atoms with Crippen molar-refractivity contribution in [1.29, 1.82) is 0 Å². The third-order valence-corrected chi connectivity index (χ3v) is 5.31. The number of aromatic nitrogens is 4. The van der Waals surface area contributed by atoms with Gasteiger partial charge in [0.2, 0.25) is 5.95 Å². The first-order valence-corrected chi connectivity index (χ1v) is 10.6. The molecule has 0 radical (unpaired) electrons. The van der Waals surface area contributed by atoms with E-state index in [1.807, 2.05) is 6.92 Å². The maximum absolute atomic E-state index is 15.5. The number of nitrogen functional groups attached to an aromatic ring is 1. The zero-order chi connectivity index (χ0) is 23.6. The first-order valence-electron chi connectivity index (χ1n) is 10.6. The summed E-state index contributed by atoms with van der Waals surface area (Å²) in [5, 5.41) is 0. The normalized spacial score (nSPS) is 23.9. The van der Waals surface area contributed by atoms with Gasteiger partial charge >= 0.3 is 17.6 Å². The van der Waals surface area contributed by atoms with Gasteiger partial charge in [-0.3, -0.25) is 14.2 Å². The topological polar surface area (TPSA) is 141 Å². The lowest BCUT2D eigenvalue weighted by molar-refractivity contribution is -0.159. The van der Waals surface area contributed by atoms with Crippen LogP contribution in [0.2, 0.25) is 0 Å². The standard InChI is InChI=1S/C20H28FN5O6/c1-5-7-8-25-12-9-23-19(22)24-17(12)26(20(25)29)18-16(31-11(4)28)14(21)15(32-18)13(6-2)30-10(3)27/h9,13-16,18H,5-8H2,1-4H3,(H2,22,23,24)/t13-,14-,15+,16+,18+/m0/s1. The van der Waals surface area contributed by atoms with Crippen molar-refractivity contribution in [2.45, 2.75) is 84.2 Å². The molecule has 1 fully saturated rings. The summed E-state index contributed by atoms with van der Waals surface area (Å²) in [6, 6.07) is 0. The average Bonchev–Trinajstić information content (AvgIpc) is 3.17. The Morgan fingerprint density at radius 2 is 2.03 bits per heavy atom. The van der Waals surface area contributed by atoms with Crippen LogP contribution < -0.4 is 11.4 Å². The van der Waals surface area contributed by atoms with Crippen molar-refractivity contribution in [1.82, 2.24) is 19.1 Å². The lowest BCUT2D eigenvalue weighted by Crippen LogP contribution is -2.39. The van der Waals surface area contributed by atoms with Gasteiger partial charge in [0, 0.05) is 20.4 Å². The molecule has 11 nitrogen and oxygen atoms in total. The Hall–Kier alpha value is -3.02. The number of carbonyl (C=O) groups excluding carboxylic acids is 2. The molecule has 0 unspecified atom stereocenters. The first-order chi connectivity index (χ1) is 15.2. The van der Waals surface area contributed by atoms with Gasteiger partial charge in [-0.25, -0.2) is 18.7 Å². The number of unbranched alkanes of at least 4 members (excludes halogenated alkanes) is 1. The summed E-state index contributed by atoms with van der Waals surface area (Å²) in [5.74, 6) is -1.43. The number of fused-ring (bicyclic) bond motifs is 1. The van der Waals surface area contributed by atoms with Gasteiger partial charge in [-0.2, -0.15) is 4.98 Å². The summed E-state index contributed by atoms with van der Waals surface area (Å²) in [6.45, 7) is 6.40. The molecule has 176 valence electrons. The van der Waals surface area contributed by atoms with Crippen molar-refractivity contribution in [3.63, 3.8) is 0 Å². The summed E-state index contributed by atoms with van der Waals surface area (Å²) in [5.41, 5.74) is 5.75. The third kappa shape index (κ3) is 4.45. The van der Waals surface area contributed by atoms with E-state index in [1.54, 1.807) is 6.92 Å². The van der Waals surface area contributed by atoms with Crippen LogP contribution in [0.15, 0.2) is 11.0 Å². The molecule has 2 N–H and O–H groups in total. The molecule has 1 saturated heterocycles. The van der Waals surface area contributed by atoms with Crippen LogP contribution in [-0.4, -0.2) is 55.5 Å². The molecule has 1 aliphatic heterocycles. The zero-order valence-corrected chi connectivity index (χ0v) is 18.5. The van der Waals surface area contributed by atoms with Gasteiger partial charge in [0.15, 0.2) is 24.2 Å². The Morgan fingerprint density at radius 1 is 1.31 bits per heavy atom. The molecule has 3 heterocycles. The summed E-state index contributed by atoms with van der Waals surface area (Å²) < 4.78 is 34.4. The van der Waals surface area contributed by atoms with Crippen molar-refractivity contribution in [3.8, 4) is 0 Å². The van der Waals surface area contributed by atoms with E-state index in [4.69, 9.17) is 19.9 Å². The van der Waals surface area contributed by atoms with E-state index in [2.05, 4.69) is 9.97 Å². The van der Waals surface area contributed by atoms with Crippen LogP contribution in [0.5, 0.6) is 0 Å². The van der Waals surface area contributed by atoms with Gasteiger partial charge in [0.1, 0.15) is 17.7 Å². The van der Waals surface area contributed by atoms with Crippen molar-refractivity contribution in [2.75, 3.05) is 5.73 Å². The molecular weight excluding hydrogens is 425 g/mol. The van der Waals surface area contributed by atoms with E-state index in [9.17, 15) is 14.4 Å². The maximum atomic E-state index is 15.5. The van der Waals surface area contributed by atoms with Crippen LogP contribution in [0.3, 0.4) is 0 Å². The summed E-state index contributed by atoms with van der Waals surface area (Å²) in [6.07, 6.45) is -3.62. The molecule has 0 aromatic carbocycles. The summed E-state index contributed by atoms with van der Waals surface area (Å²) >= 11 is 0. The highest BCUT2D eigenvalue weighted by molar-refractivity contribution is 5.72. The van der Waals surface area contributed by atoms with Crippen molar-refractivity contribution in [3.05, 3.63) is 16.7 Å². The minimum absolute atomic E-state index is 0.0828. The quantitative estimate of drug-likeness (QED) is 0.588. The summed E-state index contributed by atoms with van der Waals surface area (Å²) in [7, 11) is 0. The second kappa shape index (κ2) is 9.63. The number of imidazole rings is 1. The molecule has 32 heavy (non-hydrogen) atoms. The number of hydrogen-bond acceptors (Lipinski definition) is 9. The first kappa shape index (κ1) is 23.6. The van der Waals surface area contributed by atoms with E-state index in [1.165, 1.54) is 17.7 Å². The minimum atomic E-state index is -1.85. The maximum Gasteiger partial charge on any atom is 0.332 e. The lowest BCUT2D eigenvalue weighted by atomic mass is 10.0. The fraction of sp³-hybridized carbons (Fsp3) is 0.650. The van der Waals surface area contributed by atoms with Gasteiger partial charge in [0.25, 0.3) is 0 Å². The molecule has 0 saturated carbocycles. The number of alkyl halides is 1. The van der Waals surface area contributed by atoms with E-state index in [0.29, 0.717) is 18.5 Å². The Morgan fingerprint density at radius 3 is 2.62 bits per heavy atom. The Bertz CT molecular complexity index is 1050. The molecule has 2 aromatic heterocycles. The second-order valence-corrected chi connectivity index (χ2v) is 7.66. The van der Waals surface area contributed by atoms with E-state index < -0.39 is 48.3 Å². The molecule has 1 aliphatic rings. The molecule has 0 bridgehead atoms. The van der Waals surface area contributed by atoms with Crippen molar-refractivity contribution >= 4 is 29.1 Å². The van der Waals surface area contributed by atoms with E-state index in [0.717, 1.165) is 17.9 Å². The van der Waals surface area contributed by atoms with E-state index >= 15 is 4.39 Å². The van der Waals surface area contributed by atoms with Gasteiger partial charge in [-0.15, -0.1) is 0 Å². The van der Waals surface area contributed by atoms with Gasteiger partial charge < -0.3 is 19.9 Å². The van der Waals surface area contributed by atoms with E-state index in [-0.39, 0.29) is 18.0 Å². The van der Waals surface area contributed by atoms with Gasteiger partial charge in [-0.05, 0) is 12.8 Å². The fourth-order valence-corrected chi connectivity index (χ4v) is 3.90. The highest BCUT2D eigenvalue weighted by Crippen LogP contribution is 2.37. The van der Waals surface area contributed by atoms with Gasteiger partial charge in [0.05, 0.1) is 6.20 Å². The molecule has 0 amide bonds. The highest BCUT2D eigenvalue weighted by atomic mass is 19.1. The fourth-order valence-electron chi connectivity index (χ4n) is 3.90. The molecule has 2 aromatic rings. The van der Waals surface area contributed by atoms with Gasteiger partial charge in [-0.1, -0.05) is 20.3 Å².